The van der Waals surface area contributed by atoms with Gasteiger partial charge < -0.3 is 9.47 Å². The fourth-order valence-corrected chi connectivity index (χ4v) is 4.27. The van der Waals surface area contributed by atoms with E-state index in [-0.39, 0.29) is 18.6 Å². The third-order valence-electron chi connectivity index (χ3n) is 5.54. The number of ether oxygens (including phenoxy) is 2. The molecule has 0 amide bonds. The Morgan fingerprint density at radius 3 is 2.69 bits per heavy atom. The molecule has 4 rings (SSSR count). The lowest BCUT2D eigenvalue weighted by molar-refractivity contribution is -0.117. The van der Waals surface area contributed by atoms with E-state index in [4.69, 9.17) is 16.0 Å². The van der Waals surface area contributed by atoms with E-state index in [0.717, 1.165) is 16.9 Å². The molecule has 0 saturated heterocycles. The molecule has 0 aliphatic heterocycles. The average Bonchev–Trinajstić information content (AvgIpc) is 2.88. The topological polar surface area (TPSA) is 52.8 Å². The first-order valence-corrected chi connectivity index (χ1v) is 12.8. The number of pyridine rings is 1. The van der Waals surface area contributed by atoms with E-state index in [1.165, 1.54) is 6.07 Å². The smallest absolute Gasteiger partial charge is 0.229 e. The van der Waals surface area contributed by atoms with Gasteiger partial charge in [0.15, 0.2) is 0 Å². The lowest BCUT2D eigenvalue weighted by Crippen LogP contribution is -2.08. The molecule has 0 unspecified atom stereocenters. The molecule has 4 aromatic rings. The number of benzene rings is 3. The van der Waals surface area contributed by atoms with Crippen LogP contribution in [0, 0.1) is 12.4 Å². The van der Waals surface area contributed by atoms with E-state index in [1.54, 1.807) is 48.3 Å². The van der Waals surface area contributed by atoms with Gasteiger partial charge in [0.1, 0.15) is 28.8 Å². The zero-order valence-corrected chi connectivity index (χ0v) is 20.9. The Kier molecular flexibility index (Phi) is 8.19. The van der Waals surface area contributed by atoms with Gasteiger partial charge >= 0.3 is 0 Å². The van der Waals surface area contributed by atoms with Crippen LogP contribution in [-0.4, -0.2) is 23.6 Å². The van der Waals surface area contributed by atoms with E-state index in [2.05, 4.69) is 9.83 Å². The Bertz CT molecular complexity index is 1450. The molecule has 0 bridgehead atoms. The van der Waals surface area contributed by atoms with E-state index in [9.17, 15) is 9.18 Å². The van der Waals surface area contributed by atoms with Crippen molar-refractivity contribution in [2.24, 2.45) is 0 Å². The second-order valence-electron chi connectivity index (χ2n) is 8.21. The van der Waals surface area contributed by atoms with Crippen LogP contribution in [0.15, 0.2) is 71.8 Å². The maximum Gasteiger partial charge on any atom is 0.229 e. The van der Waals surface area contributed by atoms with Crippen molar-refractivity contribution in [2.75, 3.05) is 12.9 Å². The van der Waals surface area contributed by atoms with Crippen molar-refractivity contribution >= 4 is 34.1 Å². The van der Waals surface area contributed by atoms with Crippen LogP contribution in [0.3, 0.4) is 0 Å². The van der Waals surface area contributed by atoms with Gasteiger partial charge in [-0.2, -0.15) is 0 Å². The van der Waals surface area contributed by atoms with Crippen molar-refractivity contribution in [3.05, 3.63) is 95.2 Å². The highest BCUT2D eigenvalue weighted by Gasteiger charge is 2.14. The normalized spacial score (nSPS) is 10.7. The summed E-state index contributed by atoms with van der Waals surface area (Å²) in [6, 6.07) is 17.3. The molecule has 1 aromatic heterocycles. The number of carbonyl (C=O) groups excluding carboxylic acids is 1. The minimum absolute atomic E-state index is 0.00268. The summed E-state index contributed by atoms with van der Waals surface area (Å²) >= 11 is 1.62. The number of fused-ring (bicyclic) bond motifs is 1. The van der Waals surface area contributed by atoms with E-state index >= 15 is 0 Å². The van der Waals surface area contributed by atoms with Crippen molar-refractivity contribution < 1.29 is 18.7 Å². The number of hydrogen-bond donors (Lipinski definition) is 0. The first-order valence-electron chi connectivity index (χ1n) is 11.5. The minimum Gasteiger partial charge on any atom is -0.505 e. The zero-order valence-electron chi connectivity index (χ0n) is 20.1. The highest BCUT2D eigenvalue weighted by molar-refractivity contribution is 7.98. The van der Waals surface area contributed by atoms with Crippen molar-refractivity contribution in [3.63, 3.8) is 0 Å². The SMILES string of the molecule is [C-]#[N+]c1cc2c(Oc3ccc(CC(=O)Cc4cccc(SC)c4)c(F)c3)ccnc2cc1OCCC. The molecule has 36 heavy (non-hydrogen) atoms. The van der Waals surface area contributed by atoms with E-state index in [0.29, 0.717) is 46.0 Å². The average molecular weight is 501 g/mol. The van der Waals surface area contributed by atoms with Gasteiger partial charge in [-0.3, -0.25) is 9.78 Å². The molecule has 182 valence electrons. The summed E-state index contributed by atoms with van der Waals surface area (Å²) in [6.45, 7) is 9.99. The van der Waals surface area contributed by atoms with Crippen LogP contribution in [0.2, 0.25) is 0 Å². The standard InChI is InChI=1S/C29H25FN2O3S/c1-4-12-34-29-18-26-24(17-27(29)31-2)28(10-11-32-26)35-22-9-8-20(25(30)16-22)15-21(33)13-19-6-5-7-23(14-19)36-3/h5-11,14,16-18H,4,12-13,15H2,1,3H3. The number of Topliss-reactive ketones (excluding diaryl/α,β-unsaturated/α-hetero) is 1. The molecule has 0 atom stereocenters. The maximum atomic E-state index is 14.9. The van der Waals surface area contributed by atoms with E-state index in [1.807, 2.05) is 37.4 Å². The number of hydrogen-bond acceptors (Lipinski definition) is 5. The van der Waals surface area contributed by atoms with Crippen LogP contribution in [-0.2, 0) is 17.6 Å². The number of halogens is 1. The third kappa shape index (κ3) is 6.02. The fraction of sp³-hybridized carbons (Fsp3) is 0.207. The molecule has 0 saturated carbocycles. The van der Waals surface area contributed by atoms with E-state index < -0.39 is 5.82 Å². The summed E-state index contributed by atoms with van der Waals surface area (Å²) in [5.74, 6) is 0.649. The second-order valence-corrected chi connectivity index (χ2v) is 9.09. The molecule has 7 heteroatoms. The van der Waals surface area contributed by atoms with Gasteiger partial charge in [0, 0.05) is 35.4 Å². The van der Waals surface area contributed by atoms with Gasteiger partial charge in [-0.15, -0.1) is 11.8 Å². The van der Waals surface area contributed by atoms with Crippen molar-refractivity contribution in [1.29, 1.82) is 0 Å². The lowest BCUT2D eigenvalue weighted by Gasteiger charge is -2.12. The molecule has 0 N–H and O–H groups in total. The highest BCUT2D eigenvalue weighted by Crippen LogP contribution is 2.37. The molecule has 0 fully saturated rings. The molecule has 0 aliphatic carbocycles. The van der Waals surface area contributed by atoms with Crippen LogP contribution in [0.1, 0.15) is 24.5 Å². The largest absolute Gasteiger partial charge is 0.505 e. The maximum absolute atomic E-state index is 14.9. The highest BCUT2D eigenvalue weighted by atomic mass is 32.2. The number of thioether (sulfide) groups is 1. The molecule has 0 spiro atoms. The van der Waals surface area contributed by atoms with Crippen LogP contribution >= 0.6 is 11.8 Å². The van der Waals surface area contributed by atoms with Crippen LogP contribution in [0.5, 0.6) is 17.2 Å². The third-order valence-corrected chi connectivity index (χ3v) is 6.27. The lowest BCUT2D eigenvalue weighted by atomic mass is 10.0. The Morgan fingerprint density at radius 1 is 1.08 bits per heavy atom. The summed E-state index contributed by atoms with van der Waals surface area (Å²) in [6.07, 6.45) is 4.65. The first kappa shape index (κ1) is 25.2. The second kappa shape index (κ2) is 11.7. The first-order chi connectivity index (χ1) is 17.5. The number of nitrogens with zero attached hydrogens (tertiary/aromatic N) is 2. The Labute approximate surface area is 214 Å². The quantitative estimate of drug-likeness (QED) is 0.166. The summed E-state index contributed by atoms with van der Waals surface area (Å²) < 4.78 is 26.5. The number of aromatic nitrogens is 1. The van der Waals surface area contributed by atoms with Crippen LogP contribution < -0.4 is 9.47 Å². The van der Waals surface area contributed by atoms with Gasteiger partial charge in [0.05, 0.1) is 18.7 Å². The molecule has 3 aromatic carbocycles. The molecule has 0 radical (unpaired) electrons. The molecule has 0 aliphatic rings. The summed E-state index contributed by atoms with van der Waals surface area (Å²) in [5, 5.41) is 0.625. The van der Waals surface area contributed by atoms with Gasteiger partial charge in [0.2, 0.25) is 5.69 Å². The molecule has 1 heterocycles. The Hall–Kier alpha value is -3.89. The van der Waals surface area contributed by atoms with Gasteiger partial charge in [-0.05, 0) is 60.2 Å². The predicted molar refractivity (Wildman–Crippen MR) is 141 cm³/mol. The summed E-state index contributed by atoms with van der Waals surface area (Å²) in [7, 11) is 0. The monoisotopic (exact) mass is 500 g/mol. The Morgan fingerprint density at radius 2 is 1.94 bits per heavy atom. The summed E-state index contributed by atoms with van der Waals surface area (Å²) in [4.78, 5) is 21.6. The van der Waals surface area contributed by atoms with Gasteiger partial charge in [0.25, 0.3) is 0 Å². The zero-order chi connectivity index (χ0) is 25.5. The minimum atomic E-state index is -0.505. The predicted octanol–water partition coefficient (Wildman–Crippen LogP) is 7.58. The van der Waals surface area contributed by atoms with Gasteiger partial charge in [-0.25, -0.2) is 9.24 Å². The molecular weight excluding hydrogens is 475 g/mol. The van der Waals surface area contributed by atoms with Crippen molar-refractivity contribution in [1.82, 2.24) is 4.98 Å². The molecular formula is C29H25FN2O3S. The number of carbonyl (C=O) groups is 1. The number of rotatable bonds is 10. The van der Waals surface area contributed by atoms with Crippen molar-refractivity contribution in [3.8, 4) is 17.2 Å². The molecule has 5 nitrogen and oxygen atoms in total. The summed E-state index contributed by atoms with van der Waals surface area (Å²) in [5.41, 5.74) is 2.20. The van der Waals surface area contributed by atoms with Crippen LogP contribution in [0.25, 0.3) is 15.7 Å². The van der Waals surface area contributed by atoms with Crippen LogP contribution in [0.4, 0.5) is 10.1 Å². The van der Waals surface area contributed by atoms with Crippen molar-refractivity contribution in [2.45, 2.75) is 31.1 Å². The van der Waals surface area contributed by atoms with Gasteiger partial charge in [-0.1, -0.05) is 25.1 Å². The Balaban J connectivity index is 1.51. The fourth-order valence-electron chi connectivity index (χ4n) is 3.79. The number of ketones is 1.